The van der Waals surface area contributed by atoms with Crippen LogP contribution in [0.4, 0.5) is 0 Å². The van der Waals surface area contributed by atoms with Gasteiger partial charge in [0.25, 0.3) is 0 Å². The maximum absolute atomic E-state index is 6.18. The highest BCUT2D eigenvalue weighted by atomic mass is 15.2. The zero-order valence-electron chi connectivity index (χ0n) is 11.2. The zero-order chi connectivity index (χ0) is 12.4. The van der Waals surface area contributed by atoms with E-state index in [-0.39, 0.29) is 0 Å². The molecular formula is C15H24N2. The SMILES string of the molecule is Cc1ccc(C2CC(N)CN(C(C)C)C2)cc1. The molecule has 1 saturated heterocycles. The first-order valence-corrected chi connectivity index (χ1v) is 6.62. The molecule has 2 nitrogen and oxygen atoms in total. The van der Waals surface area contributed by atoms with Crippen molar-refractivity contribution in [2.75, 3.05) is 13.1 Å². The van der Waals surface area contributed by atoms with Gasteiger partial charge in [-0.05, 0) is 38.7 Å². The maximum atomic E-state index is 6.18. The van der Waals surface area contributed by atoms with Crippen LogP contribution in [0.25, 0.3) is 0 Å². The van der Waals surface area contributed by atoms with Crippen LogP contribution in [0.1, 0.15) is 37.3 Å². The molecule has 94 valence electrons. The second-order valence-electron chi connectivity index (χ2n) is 5.65. The van der Waals surface area contributed by atoms with Gasteiger partial charge in [0.1, 0.15) is 0 Å². The summed E-state index contributed by atoms with van der Waals surface area (Å²) in [6, 6.07) is 9.84. The van der Waals surface area contributed by atoms with Crippen LogP contribution >= 0.6 is 0 Å². The van der Waals surface area contributed by atoms with Crippen molar-refractivity contribution in [1.82, 2.24) is 4.90 Å². The van der Waals surface area contributed by atoms with Crippen molar-refractivity contribution in [1.29, 1.82) is 0 Å². The maximum Gasteiger partial charge on any atom is 0.0174 e. The minimum atomic E-state index is 0.317. The lowest BCUT2D eigenvalue weighted by atomic mass is 9.87. The Morgan fingerprint density at radius 1 is 1.18 bits per heavy atom. The second-order valence-corrected chi connectivity index (χ2v) is 5.65. The Hall–Kier alpha value is -0.860. The Labute approximate surface area is 105 Å². The van der Waals surface area contributed by atoms with E-state index in [1.807, 2.05) is 0 Å². The number of hydrogen-bond donors (Lipinski definition) is 1. The van der Waals surface area contributed by atoms with Crippen molar-refractivity contribution in [3.8, 4) is 0 Å². The minimum Gasteiger partial charge on any atom is -0.327 e. The van der Waals surface area contributed by atoms with E-state index >= 15 is 0 Å². The third-order valence-electron chi connectivity index (χ3n) is 3.79. The van der Waals surface area contributed by atoms with Gasteiger partial charge in [-0.2, -0.15) is 0 Å². The lowest BCUT2D eigenvalue weighted by molar-refractivity contribution is 0.152. The quantitative estimate of drug-likeness (QED) is 0.849. The van der Waals surface area contributed by atoms with Gasteiger partial charge in [-0.3, -0.25) is 4.90 Å². The van der Waals surface area contributed by atoms with Crippen LogP contribution in [-0.4, -0.2) is 30.1 Å². The van der Waals surface area contributed by atoms with Crippen LogP contribution in [0.15, 0.2) is 24.3 Å². The molecule has 0 aromatic heterocycles. The Balaban J connectivity index is 2.12. The average molecular weight is 232 g/mol. The first-order chi connectivity index (χ1) is 8.06. The third-order valence-corrected chi connectivity index (χ3v) is 3.79. The fraction of sp³-hybridized carbons (Fsp3) is 0.600. The molecule has 1 aromatic carbocycles. The van der Waals surface area contributed by atoms with Gasteiger partial charge in [0, 0.05) is 25.2 Å². The number of aryl methyl sites for hydroxylation is 1. The molecule has 1 aliphatic heterocycles. The molecule has 17 heavy (non-hydrogen) atoms. The molecule has 2 N–H and O–H groups in total. The highest BCUT2D eigenvalue weighted by Crippen LogP contribution is 2.27. The number of likely N-dealkylation sites (tertiary alicyclic amines) is 1. The summed E-state index contributed by atoms with van der Waals surface area (Å²) in [4.78, 5) is 2.50. The molecular weight excluding hydrogens is 208 g/mol. The molecule has 1 fully saturated rings. The van der Waals surface area contributed by atoms with Crippen molar-refractivity contribution in [3.63, 3.8) is 0 Å². The van der Waals surface area contributed by atoms with Crippen molar-refractivity contribution >= 4 is 0 Å². The Bertz CT molecular complexity index is 356. The summed E-state index contributed by atoms with van der Waals surface area (Å²) >= 11 is 0. The molecule has 0 aliphatic carbocycles. The van der Waals surface area contributed by atoms with Crippen LogP contribution in [0.2, 0.25) is 0 Å². The van der Waals surface area contributed by atoms with E-state index in [9.17, 15) is 0 Å². The number of hydrogen-bond acceptors (Lipinski definition) is 2. The van der Waals surface area contributed by atoms with Crippen molar-refractivity contribution in [3.05, 3.63) is 35.4 Å². The fourth-order valence-electron chi connectivity index (χ4n) is 2.68. The van der Waals surface area contributed by atoms with E-state index in [1.54, 1.807) is 0 Å². The van der Waals surface area contributed by atoms with Crippen LogP contribution in [0.5, 0.6) is 0 Å². The summed E-state index contributed by atoms with van der Waals surface area (Å²) in [5.74, 6) is 0.599. The van der Waals surface area contributed by atoms with E-state index in [4.69, 9.17) is 5.73 Å². The molecule has 1 heterocycles. The lowest BCUT2D eigenvalue weighted by Crippen LogP contribution is -2.48. The first-order valence-electron chi connectivity index (χ1n) is 6.62. The van der Waals surface area contributed by atoms with Gasteiger partial charge in [-0.1, -0.05) is 29.8 Å². The summed E-state index contributed by atoms with van der Waals surface area (Å²) < 4.78 is 0. The molecule has 0 spiro atoms. The molecule has 0 bridgehead atoms. The van der Waals surface area contributed by atoms with Gasteiger partial charge in [0.05, 0.1) is 0 Å². The van der Waals surface area contributed by atoms with Crippen LogP contribution < -0.4 is 5.73 Å². The smallest absolute Gasteiger partial charge is 0.0174 e. The highest BCUT2D eigenvalue weighted by Gasteiger charge is 2.27. The van der Waals surface area contributed by atoms with Crippen LogP contribution in [-0.2, 0) is 0 Å². The largest absolute Gasteiger partial charge is 0.327 e. The number of rotatable bonds is 2. The molecule has 2 atom stereocenters. The predicted molar refractivity (Wildman–Crippen MR) is 73.2 cm³/mol. The van der Waals surface area contributed by atoms with Crippen molar-refractivity contribution in [2.24, 2.45) is 5.73 Å². The molecule has 0 radical (unpaired) electrons. The average Bonchev–Trinajstić information content (AvgIpc) is 2.29. The van der Waals surface area contributed by atoms with E-state index in [0.29, 0.717) is 18.0 Å². The Morgan fingerprint density at radius 2 is 1.82 bits per heavy atom. The van der Waals surface area contributed by atoms with Gasteiger partial charge in [-0.25, -0.2) is 0 Å². The van der Waals surface area contributed by atoms with Crippen LogP contribution in [0, 0.1) is 6.92 Å². The van der Waals surface area contributed by atoms with Crippen molar-refractivity contribution in [2.45, 2.75) is 45.2 Å². The Kier molecular flexibility index (Phi) is 3.85. The van der Waals surface area contributed by atoms with Gasteiger partial charge >= 0.3 is 0 Å². The number of nitrogens with zero attached hydrogens (tertiary/aromatic N) is 1. The molecule has 2 heteroatoms. The molecule has 2 unspecified atom stereocenters. The van der Waals surface area contributed by atoms with Crippen LogP contribution in [0.3, 0.4) is 0 Å². The highest BCUT2D eigenvalue weighted by molar-refractivity contribution is 5.25. The predicted octanol–water partition coefficient (Wildman–Crippen LogP) is 2.52. The third kappa shape index (κ3) is 3.08. The van der Waals surface area contributed by atoms with E-state index < -0.39 is 0 Å². The summed E-state index contributed by atoms with van der Waals surface area (Å²) in [6.45, 7) is 8.83. The van der Waals surface area contributed by atoms with Gasteiger partial charge in [0.2, 0.25) is 0 Å². The molecule has 0 saturated carbocycles. The topological polar surface area (TPSA) is 29.3 Å². The minimum absolute atomic E-state index is 0.317. The standard InChI is InChI=1S/C15H24N2/c1-11(2)17-9-14(8-15(16)10-17)13-6-4-12(3)5-7-13/h4-7,11,14-15H,8-10,16H2,1-3H3. The first kappa shape index (κ1) is 12.6. The summed E-state index contributed by atoms with van der Waals surface area (Å²) in [6.07, 6.45) is 1.12. The molecule has 2 rings (SSSR count). The van der Waals surface area contributed by atoms with Gasteiger partial charge in [-0.15, -0.1) is 0 Å². The molecule has 1 aromatic rings. The van der Waals surface area contributed by atoms with E-state index in [0.717, 1.165) is 19.5 Å². The number of piperidine rings is 1. The normalized spacial score (nSPS) is 26.4. The lowest BCUT2D eigenvalue weighted by Gasteiger charge is -2.39. The second kappa shape index (κ2) is 5.19. The molecule has 0 amide bonds. The number of benzene rings is 1. The summed E-state index contributed by atoms with van der Waals surface area (Å²) in [5, 5.41) is 0. The fourth-order valence-corrected chi connectivity index (χ4v) is 2.68. The zero-order valence-corrected chi connectivity index (χ0v) is 11.2. The summed E-state index contributed by atoms with van der Waals surface area (Å²) in [7, 11) is 0. The van der Waals surface area contributed by atoms with Gasteiger partial charge in [0.15, 0.2) is 0 Å². The summed E-state index contributed by atoms with van der Waals surface area (Å²) in [5.41, 5.74) is 8.95. The molecule has 1 aliphatic rings. The van der Waals surface area contributed by atoms with E-state index in [1.165, 1.54) is 11.1 Å². The van der Waals surface area contributed by atoms with E-state index in [2.05, 4.69) is 49.9 Å². The Morgan fingerprint density at radius 3 is 2.41 bits per heavy atom. The monoisotopic (exact) mass is 232 g/mol. The number of nitrogens with two attached hydrogens (primary N) is 1. The van der Waals surface area contributed by atoms with Gasteiger partial charge < -0.3 is 5.73 Å². The van der Waals surface area contributed by atoms with Crippen molar-refractivity contribution < 1.29 is 0 Å².